The quantitative estimate of drug-likeness (QED) is 0.330. The molecule has 0 spiro atoms. The van der Waals surface area contributed by atoms with Gasteiger partial charge >= 0.3 is 0 Å². The van der Waals surface area contributed by atoms with Crippen molar-refractivity contribution in [1.29, 1.82) is 0 Å². The molecule has 0 aliphatic heterocycles. The fourth-order valence-corrected chi connectivity index (χ4v) is 4.63. The smallest absolute Gasteiger partial charge is 0.254 e. The van der Waals surface area contributed by atoms with Gasteiger partial charge in [0.05, 0.1) is 16.9 Å². The van der Waals surface area contributed by atoms with E-state index in [0.29, 0.717) is 29.1 Å². The van der Waals surface area contributed by atoms with Crippen molar-refractivity contribution >= 4 is 33.1 Å². The Hall–Kier alpha value is -3.62. The predicted molar refractivity (Wildman–Crippen MR) is 134 cm³/mol. The molecule has 4 aromatic rings. The number of benzene rings is 2. The number of carbonyl (C=O) groups is 1. The van der Waals surface area contributed by atoms with Crippen LogP contribution in [0.1, 0.15) is 32.6 Å². The fraction of sp³-hybridized carbons (Fsp3) is 0.231. The van der Waals surface area contributed by atoms with Crippen molar-refractivity contribution in [3.8, 4) is 11.5 Å². The molecule has 0 saturated carbocycles. The molecule has 0 unspecified atom stereocenters. The van der Waals surface area contributed by atoms with Crippen LogP contribution in [-0.2, 0) is 13.2 Å². The molecule has 2 heterocycles. The van der Waals surface area contributed by atoms with Gasteiger partial charge in [-0.25, -0.2) is 4.98 Å². The summed E-state index contributed by atoms with van der Waals surface area (Å²) >= 11 is 1.42. The van der Waals surface area contributed by atoms with Crippen molar-refractivity contribution in [2.75, 3.05) is 18.9 Å². The second-order valence-corrected chi connectivity index (χ2v) is 8.93. The average Bonchev–Trinajstić information content (AvgIpc) is 3.26. The van der Waals surface area contributed by atoms with Gasteiger partial charge in [0.15, 0.2) is 0 Å². The number of nitrogens with two attached hydrogens (primary N) is 1. The Bertz CT molecular complexity index is 1300. The number of fused-ring (bicyclic) bond motifs is 1. The van der Waals surface area contributed by atoms with E-state index >= 15 is 0 Å². The van der Waals surface area contributed by atoms with E-state index in [0.717, 1.165) is 27.1 Å². The van der Waals surface area contributed by atoms with Crippen LogP contribution in [0.25, 0.3) is 10.1 Å². The SMILES string of the molecule is Cc1ccc(COc2cc(C)cc(OCc3csc4c(C(=O)NCCO)cnc(N)c34)c2)cc1. The molecule has 0 aliphatic carbocycles. The molecule has 7 nitrogen and oxygen atoms in total. The van der Waals surface area contributed by atoms with Crippen LogP contribution >= 0.6 is 11.3 Å². The number of nitrogen functional groups attached to an aromatic ring is 1. The molecule has 0 saturated heterocycles. The number of rotatable bonds is 9. The van der Waals surface area contributed by atoms with E-state index in [4.69, 9.17) is 20.3 Å². The van der Waals surface area contributed by atoms with Gasteiger partial charge in [-0.15, -0.1) is 11.3 Å². The number of nitrogens with one attached hydrogen (secondary N) is 1. The molecule has 4 N–H and O–H groups in total. The molecule has 1 amide bonds. The van der Waals surface area contributed by atoms with Crippen molar-refractivity contribution in [2.24, 2.45) is 0 Å². The summed E-state index contributed by atoms with van der Waals surface area (Å²) < 4.78 is 12.8. The van der Waals surface area contributed by atoms with Crippen molar-refractivity contribution in [3.63, 3.8) is 0 Å². The highest BCUT2D eigenvalue weighted by Gasteiger charge is 2.17. The predicted octanol–water partition coefficient (Wildman–Crippen LogP) is 4.38. The first kappa shape index (κ1) is 23.5. The summed E-state index contributed by atoms with van der Waals surface area (Å²) in [6.07, 6.45) is 1.46. The maximum Gasteiger partial charge on any atom is 0.254 e. The summed E-state index contributed by atoms with van der Waals surface area (Å²) in [5, 5.41) is 14.3. The summed E-state index contributed by atoms with van der Waals surface area (Å²) in [5.41, 5.74) is 10.8. The van der Waals surface area contributed by atoms with Crippen LogP contribution in [0.4, 0.5) is 5.82 Å². The van der Waals surface area contributed by atoms with Gasteiger partial charge in [0.2, 0.25) is 0 Å². The number of aliphatic hydroxyl groups is 1. The van der Waals surface area contributed by atoms with Crippen molar-refractivity contribution in [1.82, 2.24) is 10.3 Å². The maximum atomic E-state index is 12.4. The number of carbonyl (C=O) groups excluding carboxylic acids is 1. The van der Waals surface area contributed by atoms with Gasteiger partial charge in [0.1, 0.15) is 30.5 Å². The van der Waals surface area contributed by atoms with Gasteiger partial charge in [0.25, 0.3) is 5.91 Å². The normalized spacial score (nSPS) is 10.9. The Morgan fingerprint density at radius 2 is 1.76 bits per heavy atom. The van der Waals surface area contributed by atoms with Crippen molar-refractivity contribution in [3.05, 3.63) is 81.9 Å². The van der Waals surface area contributed by atoms with E-state index in [1.54, 1.807) is 0 Å². The largest absolute Gasteiger partial charge is 0.489 e. The number of nitrogens with zero attached hydrogens (tertiary/aromatic N) is 1. The molecule has 2 aromatic carbocycles. The summed E-state index contributed by atoms with van der Waals surface area (Å²) in [5.74, 6) is 1.46. The Morgan fingerprint density at radius 3 is 2.47 bits per heavy atom. The van der Waals surface area contributed by atoms with Crippen LogP contribution in [0.15, 0.2) is 54.0 Å². The number of anilines is 1. The van der Waals surface area contributed by atoms with Gasteiger partial charge in [-0.2, -0.15) is 0 Å². The lowest BCUT2D eigenvalue weighted by atomic mass is 10.1. The number of aromatic nitrogens is 1. The van der Waals surface area contributed by atoms with Gasteiger partial charge in [-0.05, 0) is 42.5 Å². The van der Waals surface area contributed by atoms with Crippen LogP contribution < -0.4 is 20.5 Å². The Morgan fingerprint density at radius 1 is 1.06 bits per heavy atom. The van der Waals surface area contributed by atoms with Crippen LogP contribution in [0.3, 0.4) is 0 Å². The second kappa shape index (κ2) is 10.5. The molecule has 4 rings (SSSR count). The average molecular weight is 478 g/mol. The highest BCUT2D eigenvalue weighted by molar-refractivity contribution is 7.17. The number of thiophene rings is 1. The summed E-state index contributed by atoms with van der Waals surface area (Å²) in [6.45, 7) is 4.84. The topological polar surface area (TPSA) is 107 Å². The minimum absolute atomic E-state index is 0.131. The van der Waals surface area contributed by atoms with Crippen LogP contribution in [0.2, 0.25) is 0 Å². The fourth-order valence-electron chi connectivity index (χ4n) is 3.56. The highest BCUT2D eigenvalue weighted by atomic mass is 32.1. The summed E-state index contributed by atoms with van der Waals surface area (Å²) in [7, 11) is 0. The van der Waals surface area contributed by atoms with E-state index in [-0.39, 0.29) is 25.7 Å². The molecule has 2 aromatic heterocycles. The number of aliphatic hydroxyl groups excluding tert-OH is 1. The van der Waals surface area contributed by atoms with E-state index in [1.807, 2.05) is 30.5 Å². The van der Waals surface area contributed by atoms with Crippen molar-refractivity contribution < 1.29 is 19.4 Å². The molecule has 34 heavy (non-hydrogen) atoms. The molecule has 0 aliphatic rings. The first-order valence-corrected chi connectivity index (χ1v) is 11.8. The minimum Gasteiger partial charge on any atom is -0.489 e. The lowest BCUT2D eigenvalue weighted by Gasteiger charge is -2.12. The van der Waals surface area contributed by atoms with Crippen molar-refractivity contribution in [2.45, 2.75) is 27.1 Å². The lowest BCUT2D eigenvalue weighted by Crippen LogP contribution is -2.26. The number of hydrogen-bond acceptors (Lipinski definition) is 7. The molecule has 0 radical (unpaired) electrons. The zero-order chi connectivity index (χ0) is 24.1. The number of hydrogen-bond donors (Lipinski definition) is 3. The lowest BCUT2D eigenvalue weighted by molar-refractivity contribution is 0.0946. The second-order valence-electron chi connectivity index (χ2n) is 8.05. The molecule has 0 fully saturated rings. The number of ether oxygens (including phenoxy) is 2. The molecule has 8 heteroatoms. The Balaban J connectivity index is 1.49. The highest BCUT2D eigenvalue weighted by Crippen LogP contribution is 2.33. The first-order chi connectivity index (χ1) is 16.4. The third-order valence-corrected chi connectivity index (χ3v) is 6.35. The van der Waals surface area contributed by atoms with Crippen LogP contribution in [-0.4, -0.2) is 29.1 Å². The van der Waals surface area contributed by atoms with Crippen LogP contribution in [0, 0.1) is 13.8 Å². The Kier molecular flexibility index (Phi) is 7.30. The zero-order valence-electron chi connectivity index (χ0n) is 19.1. The van der Waals surface area contributed by atoms with E-state index < -0.39 is 0 Å². The summed E-state index contributed by atoms with van der Waals surface area (Å²) in [4.78, 5) is 16.6. The molecule has 0 bridgehead atoms. The van der Waals surface area contributed by atoms with E-state index in [1.165, 1.54) is 23.1 Å². The molecule has 0 atom stereocenters. The van der Waals surface area contributed by atoms with Gasteiger partial charge in [0, 0.05) is 29.8 Å². The van der Waals surface area contributed by atoms with Crippen LogP contribution in [0.5, 0.6) is 11.5 Å². The minimum atomic E-state index is -0.296. The Labute approximate surface area is 202 Å². The summed E-state index contributed by atoms with van der Waals surface area (Å²) in [6, 6.07) is 14.0. The van der Waals surface area contributed by atoms with Gasteiger partial charge in [-0.3, -0.25) is 4.79 Å². The van der Waals surface area contributed by atoms with E-state index in [9.17, 15) is 4.79 Å². The molecular weight excluding hydrogens is 450 g/mol. The number of aryl methyl sites for hydroxylation is 2. The third kappa shape index (κ3) is 5.47. The molecule has 176 valence electrons. The standard InChI is InChI=1S/C26H27N3O4S/c1-16-3-5-18(6-4-16)13-32-20-9-17(2)10-21(11-20)33-14-19-15-34-24-22(26(31)28-7-8-30)12-29-25(27)23(19)24/h3-6,9-12,15,30H,7-8,13-14H2,1-2H3,(H2,27,29)(H,28,31). The monoisotopic (exact) mass is 477 g/mol. The zero-order valence-corrected chi connectivity index (χ0v) is 19.9. The third-order valence-electron chi connectivity index (χ3n) is 5.29. The number of amides is 1. The van der Waals surface area contributed by atoms with E-state index in [2.05, 4.69) is 41.5 Å². The van der Waals surface area contributed by atoms with Gasteiger partial charge in [-0.1, -0.05) is 29.8 Å². The maximum absolute atomic E-state index is 12.4. The first-order valence-electron chi connectivity index (χ1n) is 10.9. The molecular formula is C26H27N3O4S. The van der Waals surface area contributed by atoms with Gasteiger partial charge < -0.3 is 25.6 Å². The number of pyridine rings is 1.